The predicted octanol–water partition coefficient (Wildman–Crippen LogP) is 0.521. The number of hydrogen-bond acceptors (Lipinski definition) is 4. The maximum atomic E-state index is 12.3. The number of sulfone groups is 1. The van der Waals surface area contributed by atoms with Crippen LogP contribution in [0.5, 0.6) is 0 Å². The number of rotatable bonds is 5. The molecule has 0 aliphatic carbocycles. The fourth-order valence-electron chi connectivity index (χ4n) is 1.39. The van der Waals surface area contributed by atoms with E-state index in [0.717, 1.165) is 11.2 Å². The van der Waals surface area contributed by atoms with Gasteiger partial charge in [-0.15, -0.1) is 0 Å². The van der Waals surface area contributed by atoms with Gasteiger partial charge in [-0.2, -0.15) is 0 Å². The van der Waals surface area contributed by atoms with Crippen LogP contribution < -0.4 is 0 Å². The monoisotopic (exact) mass is 279 g/mol. The average molecular weight is 279 g/mol. The summed E-state index contributed by atoms with van der Waals surface area (Å²) in [5, 5.41) is 9.12. The summed E-state index contributed by atoms with van der Waals surface area (Å²) in [7, 11) is -3.63. The summed E-state index contributed by atoms with van der Waals surface area (Å²) in [4.78, 5) is 24.5. The van der Waals surface area contributed by atoms with Gasteiger partial charge in [0.1, 0.15) is 10.3 Å². The maximum Gasteiger partial charge on any atom is 0.329 e. The second kappa shape index (κ2) is 4.87. The smallest absolute Gasteiger partial charge is 0.329 e. The first-order chi connectivity index (χ1) is 7.80. The molecule has 0 saturated heterocycles. The molecule has 6 nitrogen and oxygen atoms in total. The molecule has 0 aromatic rings. The summed E-state index contributed by atoms with van der Waals surface area (Å²) in [6.45, 7) is 7.04. The molecule has 0 bridgehead atoms. The Morgan fingerprint density at radius 1 is 1.17 bits per heavy atom. The number of nitrogens with zero attached hydrogens (tertiary/aromatic N) is 1. The molecule has 18 heavy (non-hydrogen) atoms. The van der Waals surface area contributed by atoms with Crippen LogP contribution in [-0.4, -0.2) is 53.4 Å². The van der Waals surface area contributed by atoms with Crippen LogP contribution in [0.15, 0.2) is 0 Å². The predicted molar refractivity (Wildman–Crippen MR) is 68.0 cm³/mol. The minimum absolute atomic E-state index is 0.122. The highest BCUT2D eigenvalue weighted by molar-refractivity contribution is 7.92. The topological polar surface area (TPSA) is 91.8 Å². The van der Waals surface area contributed by atoms with E-state index in [4.69, 9.17) is 5.11 Å². The van der Waals surface area contributed by atoms with Gasteiger partial charge in [0.05, 0.1) is 0 Å². The van der Waals surface area contributed by atoms with Gasteiger partial charge in [0.2, 0.25) is 5.91 Å². The Morgan fingerprint density at radius 2 is 1.56 bits per heavy atom. The molecule has 0 saturated carbocycles. The van der Waals surface area contributed by atoms with Gasteiger partial charge in [-0.3, -0.25) is 4.79 Å². The molecule has 1 amide bonds. The molecule has 0 aromatic heterocycles. The van der Waals surface area contributed by atoms with E-state index in [1.54, 1.807) is 6.92 Å². The molecule has 0 aromatic carbocycles. The van der Waals surface area contributed by atoms with Crippen LogP contribution in [0.25, 0.3) is 0 Å². The number of hydrogen-bond donors (Lipinski definition) is 1. The molecule has 0 radical (unpaired) electrons. The number of aliphatic carboxylic acids is 1. The molecule has 0 unspecified atom stereocenters. The molecule has 106 valence electrons. The summed E-state index contributed by atoms with van der Waals surface area (Å²) in [6, 6.07) is 0. The van der Waals surface area contributed by atoms with Crippen molar-refractivity contribution in [2.75, 3.05) is 12.8 Å². The van der Waals surface area contributed by atoms with Gasteiger partial charge in [0, 0.05) is 12.8 Å². The van der Waals surface area contributed by atoms with E-state index in [9.17, 15) is 18.0 Å². The Hall–Kier alpha value is -1.11. The van der Waals surface area contributed by atoms with Crippen molar-refractivity contribution in [1.29, 1.82) is 0 Å². The van der Waals surface area contributed by atoms with Crippen molar-refractivity contribution >= 4 is 21.7 Å². The SMILES string of the molecule is CCN(C(=O)C(C)(C)S(C)(=O)=O)C(C)(C)C(=O)O. The third-order valence-corrected chi connectivity index (χ3v) is 5.23. The lowest BCUT2D eigenvalue weighted by Gasteiger charge is -2.38. The van der Waals surface area contributed by atoms with E-state index in [2.05, 4.69) is 0 Å². The van der Waals surface area contributed by atoms with Gasteiger partial charge in [-0.1, -0.05) is 0 Å². The van der Waals surface area contributed by atoms with Crippen molar-refractivity contribution in [3.05, 3.63) is 0 Å². The third kappa shape index (κ3) is 2.82. The van der Waals surface area contributed by atoms with Crippen molar-refractivity contribution in [2.24, 2.45) is 0 Å². The molecule has 1 N–H and O–H groups in total. The Morgan fingerprint density at radius 3 is 1.78 bits per heavy atom. The lowest BCUT2D eigenvalue weighted by atomic mass is 10.0. The van der Waals surface area contributed by atoms with Crippen molar-refractivity contribution in [2.45, 2.75) is 44.9 Å². The largest absolute Gasteiger partial charge is 0.480 e. The van der Waals surface area contributed by atoms with Crippen LogP contribution in [0, 0.1) is 0 Å². The molecule has 7 heteroatoms. The second-order valence-corrected chi connectivity index (χ2v) is 7.76. The Labute approximate surface area is 108 Å². The zero-order valence-corrected chi connectivity index (χ0v) is 12.5. The van der Waals surface area contributed by atoms with Crippen LogP contribution in [0.1, 0.15) is 34.6 Å². The second-order valence-electron chi connectivity index (χ2n) is 5.20. The van der Waals surface area contributed by atoms with Crippen molar-refractivity contribution < 1.29 is 23.1 Å². The van der Waals surface area contributed by atoms with E-state index in [1.807, 2.05) is 0 Å². The number of carboxylic acid groups (broad SMARTS) is 1. The van der Waals surface area contributed by atoms with E-state index < -0.39 is 32.0 Å². The fourth-order valence-corrected chi connectivity index (χ4v) is 1.82. The standard InChI is InChI=1S/C11H21NO5S/c1-7-12(10(2,3)9(14)15)8(13)11(4,5)18(6,16)17/h7H2,1-6H3,(H,14,15). The number of likely N-dealkylation sites (N-methyl/N-ethyl adjacent to an activating group) is 1. The molecule has 0 atom stereocenters. The van der Waals surface area contributed by atoms with Gasteiger partial charge in [-0.05, 0) is 34.6 Å². The van der Waals surface area contributed by atoms with E-state index in [0.29, 0.717) is 0 Å². The van der Waals surface area contributed by atoms with Crippen LogP contribution in [0.2, 0.25) is 0 Å². The zero-order chi connectivity index (χ0) is 14.9. The van der Waals surface area contributed by atoms with E-state index >= 15 is 0 Å². The Bertz CT molecular complexity index is 450. The summed E-state index contributed by atoms with van der Waals surface area (Å²) in [6.07, 6.45) is 0.965. The highest BCUT2D eigenvalue weighted by Crippen LogP contribution is 2.24. The number of carbonyl (C=O) groups excluding carboxylic acids is 1. The molecule has 0 fully saturated rings. The summed E-state index contributed by atoms with van der Waals surface area (Å²) in [5.41, 5.74) is -1.45. The Kier molecular flexibility index (Phi) is 4.57. The molecule has 0 heterocycles. The fraction of sp³-hybridized carbons (Fsp3) is 0.818. The molecule has 0 aliphatic heterocycles. The lowest BCUT2D eigenvalue weighted by Crippen LogP contribution is -2.59. The maximum absolute atomic E-state index is 12.3. The first kappa shape index (κ1) is 16.9. The number of carbonyl (C=O) groups is 2. The highest BCUT2D eigenvalue weighted by Gasteiger charge is 2.47. The van der Waals surface area contributed by atoms with Gasteiger partial charge >= 0.3 is 5.97 Å². The molecule has 0 aliphatic rings. The Balaban J connectivity index is 5.63. The first-order valence-corrected chi connectivity index (χ1v) is 7.44. The minimum Gasteiger partial charge on any atom is -0.480 e. The quantitative estimate of drug-likeness (QED) is 0.792. The molecular formula is C11H21NO5S. The van der Waals surface area contributed by atoms with Gasteiger partial charge in [0.15, 0.2) is 9.84 Å². The van der Waals surface area contributed by atoms with Crippen molar-refractivity contribution in [1.82, 2.24) is 4.90 Å². The van der Waals surface area contributed by atoms with Gasteiger partial charge in [-0.25, -0.2) is 13.2 Å². The van der Waals surface area contributed by atoms with Crippen LogP contribution >= 0.6 is 0 Å². The van der Waals surface area contributed by atoms with E-state index in [-0.39, 0.29) is 6.54 Å². The normalized spacial score (nSPS) is 13.2. The highest BCUT2D eigenvalue weighted by atomic mass is 32.2. The van der Waals surface area contributed by atoms with Gasteiger partial charge in [0.25, 0.3) is 0 Å². The van der Waals surface area contributed by atoms with Crippen molar-refractivity contribution in [3.63, 3.8) is 0 Å². The molecular weight excluding hydrogens is 258 g/mol. The van der Waals surface area contributed by atoms with Crippen LogP contribution in [0.4, 0.5) is 0 Å². The van der Waals surface area contributed by atoms with Gasteiger partial charge < -0.3 is 10.0 Å². The molecule has 0 rings (SSSR count). The summed E-state index contributed by atoms with van der Waals surface area (Å²) in [5.74, 6) is -1.89. The minimum atomic E-state index is -3.63. The third-order valence-electron chi connectivity index (χ3n) is 3.20. The number of carboxylic acids is 1. The summed E-state index contributed by atoms with van der Waals surface area (Å²) < 4.78 is 21.6. The van der Waals surface area contributed by atoms with Crippen LogP contribution in [0.3, 0.4) is 0 Å². The number of amides is 1. The zero-order valence-electron chi connectivity index (χ0n) is 11.6. The molecule has 0 spiro atoms. The van der Waals surface area contributed by atoms with Crippen molar-refractivity contribution in [3.8, 4) is 0 Å². The lowest BCUT2D eigenvalue weighted by molar-refractivity contribution is -0.157. The average Bonchev–Trinajstić information content (AvgIpc) is 2.15. The first-order valence-electron chi connectivity index (χ1n) is 5.55. The van der Waals surface area contributed by atoms with Crippen LogP contribution in [-0.2, 0) is 19.4 Å². The van der Waals surface area contributed by atoms with E-state index in [1.165, 1.54) is 27.7 Å². The summed E-state index contributed by atoms with van der Waals surface area (Å²) >= 11 is 0.